The summed E-state index contributed by atoms with van der Waals surface area (Å²) in [6.45, 7) is 3.69. The minimum absolute atomic E-state index is 0.0796. The molecule has 0 atom stereocenters. The van der Waals surface area contributed by atoms with E-state index in [2.05, 4.69) is 21.0 Å². The standard InChI is InChI=1S/C18H20N6O3/c1-11-14(12(2)23(3)21-11)9-16(26)19-20-18(27)17-15(25)10-24(22-17)13-7-5-4-6-8-13/h4-8,10,25H,9H2,1-3H3,(H,19,26)(H,20,27). The Morgan fingerprint density at radius 1 is 1.11 bits per heavy atom. The maximum atomic E-state index is 12.2. The van der Waals surface area contributed by atoms with Crippen LogP contribution in [0.5, 0.6) is 5.75 Å². The van der Waals surface area contributed by atoms with E-state index in [0.717, 1.165) is 17.0 Å². The van der Waals surface area contributed by atoms with E-state index < -0.39 is 11.8 Å². The quantitative estimate of drug-likeness (QED) is 0.593. The van der Waals surface area contributed by atoms with Crippen LogP contribution in [0.2, 0.25) is 0 Å². The zero-order chi connectivity index (χ0) is 19.6. The maximum Gasteiger partial charge on any atom is 0.294 e. The second-order valence-corrected chi connectivity index (χ2v) is 6.10. The van der Waals surface area contributed by atoms with Crippen molar-refractivity contribution in [2.24, 2.45) is 7.05 Å². The van der Waals surface area contributed by atoms with Crippen LogP contribution in [0.3, 0.4) is 0 Å². The molecule has 0 aliphatic carbocycles. The number of nitrogens with zero attached hydrogens (tertiary/aromatic N) is 4. The predicted octanol–water partition coefficient (Wildman–Crippen LogP) is 0.932. The van der Waals surface area contributed by atoms with Gasteiger partial charge in [-0.05, 0) is 26.0 Å². The van der Waals surface area contributed by atoms with Crippen molar-refractivity contribution < 1.29 is 14.7 Å². The Labute approximate surface area is 155 Å². The number of carbonyl (C=O) groups is 2. The molecule has 0 radical (unpaired) electrons. The Bertz CT molecular complexity index is 990. The molecule has 0 unspecified atom stereocenters. The van der Waals surface area contributed by atoms with Gasteiger partial charge in [-0.3, -0.25) is 25.1 Å². The van der Waals surface area contributed by atoms with E-state index >= 15 is 0 Å². The van der Waals surface area contributed by atoms with Gasteiger partial charge in [0.1, 0.15) is 0 Å². The number of hydrazine groups is 1. The molecule has 2 aromatic heterocycles. The number of hydrogen-bond donors (Lipinski definition) is 3. The number of aryl methyl sites for hydroxylation is 2. The number of aromatic nitrogens is 4. The smallest absolute Gasteiger partial charge is 0.294 e. The highest BCUT2D eigenvalue weighted by atomic mass is 16.3. The van der Waals surface area contributed by atoms with Gasteiger partial charge in [-0.15, -0.1) is 0 Å². The van der Waals surface area contributed by atoms with E-state index in [1.54, 1.807) is 23.9 Å². The van der Waals surface area contributed by atoms with Gasteiger partial charge < -0.3 is 5.11 Å². The van der Waals surface area contributed by atoms with Crippen LogP contribution in [0.4, 0.5) is 0 Å². The van der Waals surface area contributed by atoms with Gasteiger partial charge in [0, 0.05) is 18.3 Å². The lowest BCUT2D eigenvalue weighted by Gasteiger charge is -2.07. The van der Waals surface area contributed by atoms with Crippen LogP contribution >= 0.6 is 0 Å². The van der Waals surface area contributed by atoms with Crippen molar-refractivity contribution in [3.05, 3.63) is 59.2 Å². The topological polar surface area (TPSA) is 114 Å². The summed E-state index contributed by atoms with van der Waals surface area (Å²) in [5.41, 5.74) is 7.56. The fourth-order valence-electron chi connectivity index (χ4n) is 2.70. The first-order chi connectivity index (χ1) is 12.9. The third-order valence-corrected chi connectivity index (χ3v) is 4.24. The maximum absolute atomic E-state index is 12.2. The molecule has 3 aromatic rings. The Morgan fingerprint density at radius 3 is 2.44 bits per heavy atom. The van der Waals surface area contributed by atoms with Gasteiger partial charge in [0.05, 0.1) is 24.0 Å². The molecule has 2 heterocycles. The van der Waals surface area contributed by atoms with Crippen molar-refractivity contribution >= 4 is 11.8 Å². The minimum atomic E-state index is -0.713. The van der Waals surface area contributed by atoms with E-state index in [1.807, 2.05) is 32.0 Å². The largest absolute Gasteiger partial charge is 0.504 e. The average Bonchev–Trinajstić information content (AvgIpc) is 3.15. The number of amides is 2. The van der Waals surface area contributed by atoms with Crippen molar-refractivity contribution in [1.82, 2.24) is 30.4 Å². The molecule has 140 valence electrons. The van der Waals surface area contributed by atoms with E-state index in [-0.39, 0.29) is 17.9 Å². The van der Waals surface area contributed by atoms with Gasteiger partial charge >= 0.3 is 0 Å². The van der Waals surface area contributed by atoms with Crippen molar-refractivity contribution in [3.63, 3.8) is 0 Å². The average molecular weight is 368 g/mol. The molecule has 2 amide bonds. The van der Waals surface area contributed by atoms with Gasteiger partial charge in [-0.25, -0.2) is 4.68 Å². The molecule has 3 N–H and O–H groups in total. The molecule has 0 spiro atoms. The number of carbonyl (C=O) groups excluding carboxylic acids is 2. The lowest BCUT2D eigenvalue weighted by atomic mass is 10.1. The van der Waals surface area contributed by atoms with E-state index in [4.69, 9.17) is 0 Å². The second-order valence-electron chi connectivity index (χ2n) is 6.10. The van der Waals surface area contributed by atoms with Crippen LogP contribution in [0, 0.1) is 13.8 Å². The fraction of sp³-hybridized carbons (Fsp3) is 0.222. The molecular formula is C18H20N6O3. The van der Waals surface area contributed by atoms with Crippen molar-refractivity contribution in [2.45, 2.75) is 20.3 Å². The molecule has 0 saturated carbocycles. The summed E-state index contributed by atoms with van der Waals surface area (Å²) >= 11 is 0. The number of para-hydroxylation sites is 1. The Balaban J connectivity index is 1.64. The highest BCUT2D eigenvalue weighted by molar-refractivity contribution is 5.96. The normalized spacial score (nSPS) is 10.6. The van der Waals surface area contributed by atoms with Gasteiger partial charge in [-0.2, -0.15) is 10.2 Å². The molecule has 27 heavy (non-hydrogen) atoms. The minimum Gasteiger partial charge on any atom is -0.504 e. The molecule has 9 nitrogen and oxygen atoms in total. The monoisotopic (exact) mass is 368 g/mol. The summed E-state index contributed by atoms with van der Waals surface area (Å²) in [6, 6.07) is 9.05. The van der Waals surface area contributed by atoms with Crippen molar-refractivity contribution in [3.8, 4) is 11.4 Å². The molecule has 3 rings (SSSR count). The third kappa shape index (κ3) is 3.81. The highest BCUT2D eigenvalue weighted by Crippen LogP contribution is 2.17. The number of rotatable bonds is 4. The summed E-state index contributed by atoms with van der Waals surface area (Å²) in [6.07, 6.45) is 1.41. The molecule has 0 bridgehead atoms. The Hall–Kier alpha value is -3.62. The summed E-state index contributed by atoms with van der Waals surface area (Å²) in [7, 11) is 1.80. The van der Waals surface area contributed by atoms with Crippen LogP contribution in [-0.2, 0) is 18.3 Å². The van der Waals surface area contributed by atoms with Crippen LogP contribution in [0.1, 0.15) is 27.4 Å². The number of nitrogens with one attached hydrogen (secondary N) is 2. The molecule has 0 aliphatic heterocycles. The number of benzene rings is 1. The lowest BCUT2D eigenvalue weighted by Crippen LogP contribution is -2.42. The zero-order valence-corrected chi connectivity index (χ0v) is 15.2. The van der Waals surface area contributed by atoms with Crippen LogP contribution in [-0.4, -0.2) is 36.5 Å². The Kier molecular flexibility index (Phi) is 4.93. The summed E-state index contributed by atoms with van der Waals surface area (Å²) in [5, 5.41) is 18.3. The van der Waals surface area contributed by atoms with Crippen LogP contribution in [0.25, 0.3) is 5.69 Å². The first-order valence-corrected chi connectivity index (χ1v) is 8.29. The fourth-order valence-corrected chi connectivity index (χ4v) is 2.70. The number of aromatic hydroxyl groups is 1. The van der Waals surface area contributed by atoms with E-state index in [9.17, 15) is 14.7 Å². The van der Waals surface area contributed by atoms with Gasteiger partial charge in [0.2, 0.25) is 5.91 Å². The first kappa shape index (κ1) is 18.2. The van der Waals surface area contributed by atoms with Gasteiger partial charge in [0.15, 0.2) is 11.4 Å². The van der Waals surface area contributed by atoms with E-state index in [1.165, 1.54) is 10.9 Å². The molecule has 1 aromatic carbocycles. The van der Waals surface area contributed by atoms with Gasteiger partial charge in [0.25, 0.3) is 5.91 Å². The third-order valence-electron chi connectivity index (χ3n) is 4.24. The molecule has 9 heteroatoms. The van der Waals surface area contributed by atoms with Gasteiger partial charge in [-0.1, -0.05) is 18.2 Å². The second kappa shape index (κ2) is 7.32. The van der Waals surface area contributed by atoms with Crippen LogP contribution in [0.15, 0.2) is 36.5 Å². The predicted molar refractivity (Wildman–Crippen MR) is 97.2 cm³/mol. The Morgan fingerprint density at radius 2 is 1.81 bits per heavy atom. The van der Waals surface area contributed by atoms with Crippen LogP contribution < -0.4 is 10.9 Å². The van der Waals surface area contributed by atoms with Crippen molar-refractivity contribution in [2.75, 3.05) is 0 Å². The molecule has 0 saturated heterocycles. The number of hydrogen-bond acceptors (Lipinski definition) is 5. The molecule has 0 fully saturated rings. The molecule has 0 aliphatic rings. The highest BCUT2D eigenvalue weighted by Gasteiger charge is 2.19. The SMILES string of the molecule is Cc1nn(C)c(C)c1CC(=O)NNC(=O)c1nn(-c2ccccc2)cc1O. The zero-order valence-electron chi connectivity index (χ0n) is 15.2. The summed E-state index contributed by atoms with van der Waals surface area (Å²) in [5.74, 6) is -1.40. The van der Waals surface area contributed by atoms with Crippen molar-refractivity contribution in [1.29, 1.82) is 0 Å². The first-order valence-electron chi connectivity index (χ1n) is 8.29. The lowest BCUT2D eigenvalue weighted by molar-refractivity contribution is -0.121. The summed E-state index contributed by atoms with van der Waals surface area (Å²) < 4.78 is 3.08. The molecular weight excluding hydrogens is 348 g/mol. The summed E-state index contributed by atoms with van der Waals surface area (Å²) in [4.78, 5) is 24.3. The van der Waals surface area contributed by atoms with E-state index in [0.29, 0.717) is 5.69 Å².